The predicted molar refractivity (Wildman–Crippen MR) is 76.1 cm³/mol. The molecule has 116 valence electrons. The molecule has 7 nitrogen and oxygen atoms in total. The zero-order valence-corrected chi connectivity index (χ0v) is 13.5. The molecule has 0 saturated heterocycles. The standard InChI is InChI=1S/C11H12ClN2O2.CH4O3S/c1-13-9-5-4-7(12)6-8(9)10(14(13)2)11(15)16-3;1-5(2,3)4/h4-6H,1-3H3;1H3,(H,2,3,4)/q+1;/p-1. The molecule has 1 aromatic heterocycles. The molecule has 0 spiro atoms. The molecule has 0 unspecified atom stereocenters. The van der Waals surface area contributed by atoms with Gasteiger partial charge in [0.05, 0.1) is 29.7 Å². The first-order chi connectivity index (χ1) is 9.56. The van der Waals surface area contributed by atoms with Gasteiger partial charge in [-0.25, -0.2) is 13.2 Å². The maximum absolute atomic E-state index is 11.7. The highest BCUT2D eigenvalue weighted by molar-refractivity contribution is 7.84. The molecule has 0 aliphatic heterocycles. The average Bonchev–Trinajstić information content (AvgIpc) is 2.59. The van der Waals surface area contributed by atoms with Crippen LogP contribution in [0.3, 0.4) is 0 Å². The van der Waals surface area contributed by atoms with Gasteiger partial charge in [0.2, 0.25) is 0 Å². The molecular formula is C12H15ClN2O5S. The number of aromatic nitrogens is 2. The number of benzene rings is 1. The molecule has 0 fully saturated rings. The fourth-order valence-electron chi connectivity index (χ4n) is 1.80. The Balaban J connectivity index is 0.000000383. The molecule has 0 radical (unpaired) electrons. The van der Waals surface area contributed by atoms with Crippen molar-refractivity contribution < 1.29 is 27.2 Å². The van der Waals surface area contributed by atoms with Crippen LogP contribution in [-0.4, -0.2) is 37.0 Å². The van der Waals surface area contributed by atoms with E-state index >= 15 is 0 Å². The molecule has 0 saturated carbocycles. The number of methoxy groups -OCH3 is 1. The van der Waals surface area contributed by atoms with Gasteiger partial charge in [-0.1, -0.05) is 11.6 Å². The van der Waals surface area contributed by atoms with Crippen LogP contribution in [0.5, 0.6) is 0 Å². The second-order valence-electron chi connectivity index (χ2n) is 4.25. The highest BCUT2D eigenvalue weighted by atomic mass is 35.5. The number of carbonyl (C=O) groups is 1. The number of aryl methyl sites for hydroxylation is 1. The molecule has 2 rings (SSSR count). The molecular weight excluding hydrogens is 320 g/mol. The number of nitrogens with zero attached hydrogens (tertiary/aromatic N) is 2. The van der Waals surface area contributed by atoms with Crippen LogP contribution < -0.4 is 4.68 Å². The second kappa shape index (κ2) is 6.42. The molecule has 1 aromatic carbocycles. The third-order valence-electron chi connectivity index (χ3n) is 2.71. The summed E-state index contributed by atoms with van der Waals surface area (Å²) in [5.41, 5.74) is 1.44. The van der Waals surface area contributed by atoms with E-state index < -0.39 is 10.1 Å². The van der Waals surface area contributed by atoms with Crippen LogP contribution in [0, 0.1) is 0 Å². The van der Waals surface area contributed by atoms with Crippen molar-refractivity contribution in [1.29, 1.82) is 0 Å². The number of hydrogen-bond acceptors (Lipinski definition) is 5. The molecule has 1 heterocycles. The van der Waals surface area contributed by atoms with Gasteiger partial charge in [0, 0.05) is 11.3 Å². The summed E-state index contributed by atoms with van der Waals surface area (Å²) in [4.78, 5) is 11.7. The molecule has 0 amide bonds. The van der Waals surface area contributed by atoms with E-state index in [0.29, 0.717) is 17.0 Å². The lowest BCUT2D eigenvalue weighted by Gasteiger charge is -1.93. The third-order valence-corrected chi connectivity index (χ3v) is 2.95. The number of carbonyl (C=O) groups excluding carboxylic acids is 1. The maximum Gasteiger partial charge on any atom is 0.406 e. The minimum absolute atomic E-state index is 0.365. The van der Waals surface area contributed by atoms with Gasteiger partial charge in [0.15, 0.2) is 7.05 Å². The van der Waals surface area contributed by atoms with Gasteiger partial charge in [0.1, 0.15) is 5.52 Å². The van der Waals surface area contributed by atoms with Gasteiger partial charge in [-0.05, 0) is 18.2 Å². The fourth-order valence-corrected chi connectivity index (χ4v) is 1.98. The van der Waals surface area contributed by atoms with Gasteiger partial charge in [-0.15, -0.1) is 4.68 Å². The minimum atomic E-state index is -3.92. The lowest BCUT2D eigenvalue weighted by molar-refractivity contribution is -0.750. The monoisotopic (exact) mass is 334 g/mol. The van der Waals surface area contributed by atoms with E-state index in [2.05, 4.69) is 0 Å². The van der Waals surface area contributed by atoms with Crippen LogP contribution in [0.4, 0.5) is 0 Å². The van der Waals surface area contributed by atoms with Crippen molar-refractivity contribution in [2.45, 2.75) is 0 Å². The summed E-state index contributed by atoms with van der Waals surface area (Å²) in [5.74, 6) is -0.365. The number of esters is 1. The molecule has 21 heavy (non-hydrogen) atoms. The van der Waals surface area contributed by atoms with Gasteiger partial charge >= 0.3 is 11.7 Å². The summed E-state index contributed by atoms with van der Waals surface area (Å²) in [7, 11) is 1.13. The number of rotatable bonds is 1. The molecule has 0 aliphatic carbocycles. The summed E-state index contributed by atoms with van der Waals surface area (Å²) in [6.45, 7) is 0. The molecule has 9 heteroatoms. The zero-order valence-electron chi connectivity index (χ0n) is 12.0. The SMILES string of the molecule is COC(=O)c1c2cc(Cl)ccc2n(C)[n+]1C.CS(=O)(=O)[O-]. The van der Waals surface area contributed by atoms with E-state index in [0.717, 1.165) is 10.9 Å². The molecule has 0 N–H and O–H groups in total. The van der Waals surface area contributed by atoms with Crippen molar-refractivity contribution in [3.05, 3.63) is 28.9 Å². The predicted octanol–water partition coefficient (Wildman–Crippen LogP) is 0.604. The highest BCUT2D eigenvalue weighted by Gasteiger charge is 2.27. The van der Waals surface area contributed by atoms with Crippen LogP contribution >= 0.6 is 11.6 Å². The first-order valence-corrected chi connectivity index (χ1v) is 7.89. The minimum Gasteiger partial charge on any atom is -0.748 e. The fraction of sp³-hybridized carbons (Fsp3) is 0.333. The maximum atomic E-state index is 11.7. The Labute approximate surface area is 127 Å². The van der Waals surface area contributed by atoms with Crippen molar-refractivity contribution in [3.8, 4) is 0 Å². The Morgan fingerprint density at radius 2 is 1.95 bits per heavy atom. The smallest absolute Gasteiger partial charge is 0.406 e. The second-order valence-corrected chi connectivity index (χ2v) is 6.10. The van der Waals surface area contributed by atoms with Crippen LogP contribution in [0.1, 0.15) is 10.5 Å². The summed E-state index contributed by atoms with van der Waals surface area (Å²) >= 11 is 5.93. The Bertz CT molecular complexity index is 775. The lowest BCUT2D eigenvalue weighted by atomic mass is 10.2. The van der Waals surface area contributed by atoms with Gasteiger partial charge in [-0.3, -0.25) is 0 Å². The summed E-state index contributed by atoms with van der Waals surface area (Å²) < 4.78 is 35.6. The topological polar surface area (TPSA) is 92.3 Å². The number of halogens is 1. The number of ether oxygens (including phenoxy) is 1. The van der Waals surface area contributed by atoms with E-state index in [1.165, 1.54) is 7.11 Å². The summed E-state index contributed by atoms with van der Waals surface area (Å²) in [5, 5.41) is 1.40. The van der Waals surface area contributed by atoms with Crippen molar-refractivity contribution in [2.24, 2.45) is 14.1 Å². The first kappa shape index (κ1) is 17.4. The zero-order chi connectivity index (χ0) is 16.4. The average molecular weight is 335 g/mol. The largest absolute Gasteiger partial charge is 0.748 e. The van der Waals surface area contributed by atoms with E-state index in [-0.39, 0.29) is 5.97 Å². The van der Waals surface area contributed by atoms with Crippen LogP contribution in [0.25, 0.3) is 10.9 Å². The quantitative estimate of drug-likeness (QED) is 0.432. The number of hydrogen-bond donors (Lipinski definition) is 0. The normalized spacial score (nSPS) is 11.0. The van der Waals surface area contributed by atoms with E-state index in [4.69, 9.17) is 29.3 Å². The Morgan fingerprint density at radius 3 is 2.43 bits per heavy atom. The Hall–Kier alpha value is -1.64. The van der Waals surface area contributed by atoms with Gasteiger partial charge in [-0.2, -0.15) is 4.68 Å². The summed E-state index contributed by atoms with van der Waals surface area (Å²) in [6.07, 6.45) is 0.604. The number of fused-ring (bicyclic) bond motifs is 1. The lowest BCUT2D eigenvalue weighted by Crippen LogP contribution is -2.42. The van der Waals surface area contributed by atoms with Gasteiger partial charge < -0.3 is 9.29 Å². The van der Waals surface area contributed by atoms with Crippen molar-refractivity contribution in [2.75, 3.05) is 13.4 Å². The summed E-state index contributed by atoms with van der Waals surface area (Å²) in [6, 6.07) is 5.44. The van der Waals surface area contributed by atoms with E-state index in [9.17, 15) is 4.79 Å². The van der Waals surface area contributed by atoms with Crippen LogP contribution in [-0.2, 0) is 29.0 Å². The van der Waals surface area contributed by atoms with Crippen molar-refractivity contribution in [3.63, 3.8) is 0 Å². The third kappa shape index (κ3) is 4.42. The van der Waals surface area contributed by atoms with E-state index in [1.54, 1.807) is 23.9 Å². The van der Waals surface area contributed by atoms with Crippen molar-refractivity contribution >= 4 is 38.6 Å². The highest BCUT2D eigenvalue weighted by Crippen LogP contribution is 2.21. The first-order valence-electron chi connectivity index (χ1n) is 5.69. The molecule has 2 aromatic rings. The van der Waals surface area contributed by atoms with Crippen LogP contribution in [0.15, 0.2) is 18.2 Å². The van der Waals surface area contributed by atoms with E-state index in [1.807, 2.05) is 17.8 Å². The van der Waals surface area contributed by atoms with Crippen molar-refractivity contribution in [1.82, 2.24) is 4.68 Å². The molecule has 0 aliphatic rings. The molecule has 0 atom stereocenters. The van der Waals surface area contributed by atoms with Crippen LogP contribution in [0.2, 0.25) is 5.02 Å². The Morgan fingerprint density at radius 1 is 1.43 bits per heavy atom. The van der Waals surface area contributed by atoms with Gasteiger partial charge in [0.25, 0.3) is 0 Å². The Kier molecular flexibility index (Phi) is 5.32. The molecule has 0 bridgehead atoms.